The topological polar surface area (TPSA) is 79.1 Å². The molecule has 2 aliphatic rings. The van der Waals surface area contributed by atoms with Crippen molar-refractivity contribution in [2.45, 2.75) is 31.7 Å². The van der Waals surface area contributed by atoms with Gasteiger partial charge in [0, 0.05) is 44.0 Å². The molecule has 2 fully saturated rings. The van der Waals surface area contributed by atoms with Crippen LogP contribution in [0.15, 0.2) is 84.9 Å². The lowest BCUT2D eigenvalue weighted by Gasteiger charge is -2.34. The molecule has 5 rings (SSSR count). The zero-order valence-electron chi connectivity index (χ0n) is 22.5. The van der Waals surface area contributed by atoms with Crippen LogP contribution in [0.4, 0.5) is 5.69 Å². The number of nitrogens with two attached hydrogens (primary N) is 1. The Morgan fingerprint density at radius 2 is 1.38 bits per heavy atom. The number of ether oxygens (including phenoxy) is 1. The third-order valence-electron chi connectivity index (χ3n) is 7.73. The summed E-state index contributed by atoms with van der Waals surface area (Å²) < 4.78 is 6.04. The van der Waals surface area contributed by atoms with Gasteiger partial charge in [-0.3, -0.25) is 9.59 Å². The van der Waals surface area contributed by atoms with E-state index in [1.165, 1.54) is 5.56 Å². The molecule has 1 atom stereocenters. The second kappa shape index (κ2) is 12.8. The van der Waals surface area contributed by atoms with Crippen LogP contribution in [0.25, 0.3) is 0 Å². The SMILES string of the molecule is NC1CCN(C(=O)CN(CC(=O)N2CCC(Cc3ccccc3)CC2)c2cccc(Oc3ccccc3)c2)C1. The van der Waals surface area contributed by atoms with E-state index in [9.17, 15) is 9.59 Å². The number of para-hydroxylation sites is 1. The van der Waals surface area contributed by atoms with Crippen molar-refractivity contribution in [1.82, 2.24) is 9.80 Å². The lowest BCUT2D eigenvalue weighted by atomic mass is 9.90. The highest BCUT2D eigenvalue weighted by Crippen LogP contribution is 2.27. The molecule has 0 aromatic heterocycles. The molecule has 3 aromatic rings. The molecule has 0 radical (unpaired) electrons. The van der Waals surface area contributed by atoms with Gasteiger partial charge in [-0.05, 0) is 61.4 Å². The average Bonchev–Trinajstić information content (AvgIpc) is 3.41. The Balaban J connectivity index is 1.25. The van der Waals surface area contributed by atoms with E-state index in [0.717, 1.165) is 50.2 Å². The van der Waals surface area contributed by atoms with Gasteiger partial charge in [-0.25, -0.2) is 0 Å². The smallest absolute Gasteiger partial charge is 0.242 e. The maximum atomic E-state index is 13.5. The highest BCUT2D eigenvalue weighted by atomic mass is 16.5. The monoisotopic (exact) mass is 526 g/mol. The van der Waals surface area contributed by atoms with Gasteiger partial charge in [-0.1, -0.05) is 54.6 Å². The maximum absolute atomic E-state index is 13.5. The summed E-state index contributed by atoms with van der Waals surface area (Å²) in [5.74, 6) is 2.02. The molecule has 2 saturated heterocycles. The van der Waals surface area contributed by atoms with E-state index >= 15 is 0 Å². The third-order valence-corrected chi connectivity index (χ3v) is 7.73. The lowest BCUT2D eigenvalue weighted by molar-refractivity contribution is -0.131. The van der Waals surface area contributed by atoms with E-state index in [4.69, 9.17) is 10.5 Å². The number of carbonyl (C=O) groups excluding carboxylic acids is 2. The quantitative estimate of drug-likeness (QED) is 0.449. The summed E-state index contributed by atoms with van der Waals surface area (Å²) in [4.78, 5) is 32.3. The number of benzene rings is 3. The van der Waals surface area contributed by atoms with Crippen LogP contribution >= 0.6 is 0 Å². The van der Waals surface area contributed by atoms with Gasteiger partial charge in [0.05, 0.1) is 13.1 Å². The number of nitrogens with zero attached hydrogens (tertiary/aromatic N) is 3. The predicted molar refractivity (Wildman–Crippen MR) is 154 cm³/mol. The first kappa shape index (κ1) is 26.8. The maximum Gasteiger partial charge on any atom is 0.242 e. The normalized spacial score (nSPS) is 17.7. The molecular weight excluding hydrogens is 488 g/mol. The molecular formula is C32H38N4O3. The molecule has 2 N–H and O–H groups in total. The van der Waals surface area contributed by atoms with E-state index in [1.54, 1.807) is 0 Å². The van der Waals surface area contributed by atoms with Crippen molar-refractivity contribution in [2.75, 3.05) is 44.2 Å². The van der Waals surface area contributed by atoms with Gasteiger partial charge >= 0.3 is 0 Å². The van der Waals surface area contributed by atoms with Crippen molar-refractivity contribution >= 4 is 17.5 Å². The number of hydrogen-bond acceptors (Lipinski definition) is 5. The van der Waals surface area contributed by atoms with E-state index in [1.807, 2.05) is 75.4 Å². The fourth-order valence-electron chi connectivity index (χ4n) is 5.48. The Hall–Kier alpha value is -3.84. The number of anilines is 1. The predicted octanol–water partition coefficient (Wildman–Crippen LogP) is 4.33. The first-order valence-electron chi connectivity index (χ1n) is 14.0. The van der Waals surface area contributed by atoms with Gasteiger partial charge < -0.3 is 25.2 Å². The Labute approximate surface area is 231 Å². The fourth-order valence-corrected chi connectivity index (χ4v) is 5.48. The zero-order valence-corrected chi connectivity index (χ0v) is 22.5. The molecule has 7 heteroatoms. The van der Waals surface area contributed by atoms with Crippen molar-refractivity contribution in [1.29, 1.82) is 0 Å². The number of likely N-dealkylation sites (tertiary alicyclic amines) is 2. The largest absolute Gasteiger partial charge is 0.457 e. The summed E-state index contributed by atoms with van der Waals surface area (Å²) in [6, 6.07) is 27.8. The second-order valence-electron chi connectivity index (χ2n) is 10.7. The average molecular weight is 527 g/mol. The van der Waals surface area contributed by atoms with E-state index in [0.29, 0.717) is 24.8 Å². The third kappa shape index (κ3) is 7.39. The van der Waals surface area contributed by atoms with E-state index < -0.39 is 0 Å². The zero-order chi connectivity index (χ0) is 27.0. The number of amides is 2. The minimum absolute atomic E-state index is 0.00769. The molecule has 2 amide bonds. The van der Waals surface area contributed by atoms with Gasteiger partial charge in [-0.15, -0.1) is 0 Å². The molecule has 0 saturated carbocycles. The van der Waals surface area contributed by atoms with Crippen LogP contribution in [0.2, 0.25) is 0 Å². The minimum Gasteiger partial charge on any atom is -0.457 e. The molecule has 0 spiro atoms. The fraction of sp³-hybridized carbons (Fsp3) is 0.375. The molecule has 0 aliphatic carbocycles. The van der Waals surface area contributed by atoms with Crippen LogP contribution in [0.3, 0.4) is 0 Å². The Morgan fingerprint density at radius 1 is 0.769 bits per heavy atom. The summed E-state index contributed by atoms with van der Waals surface area (Å²) in [6.45, 7) is 2.98. The van der Waals surface area contributed by atoms with Crippen molar-refractivity contribution in [3.63, 3.8) is 0 Å². The molecule has 204 valence electrons. The van der Waals surface area contributed by atoms with Gasteiger partial charge in [0.2, 0.25) is 11.8 Å². The Morgan fingerprint density at radius 3 is 2.05 bits per heavy atom. The highest BCUT2D eigenvalue weighted by molar-refractivity contribution is 5.87. The summed E-state index contributed by atoms with van der Waals surface area (Å²) in [5.41, 5.74) is 8.19. The summed E-state index contributed by atoms with van der Waals surface area (Å²) in [6.07, 6.45) is 3.84. The van der Waals surface area contributed by atoms with Gasteiger partial charge in [0.1, 0.15) is 11.5 Å². The van der Waals surface area contributed by atoms with E-state index in [-0.39, 0.29) is 30.9 Å². The van der Waals surface area contributed by atoms with Crippen molar-refractivity contribution < 1.29 is 14.3 Å². The summed E-state index contributed by atoms with van der Waals surface area (Å²) >= 11 is 0. The van der Waals surface area contributed by atoms with Gasteiger partial charge in [0.15, 0.2) is 0 Å². The molecule has 3 aromatic carbocycles. The van der Waals surface area contributed by atoms with E-state index in [2.05, 4.69) is 24.3 Å². The molecule has 39 heavy (non-hydrogen) atoms. The van der Waals surface area contributed by atoms with Crippen LogP contribution in [0.1, 0.15) is 24.8 Å². The van der Waals surface area contributed by atoms with Crippen molar-refractivity contribution in [2.24, 2.45) is 11.7 Å². The second-order valence-corrected chi connectivity index (χ2v) is 10.7. The number of carbonyl (C=O) groups is 2. The Bertz CT molecular complexity index is 1230. The Kier molecular flexibility index (Phi) is 8.78. The number of piperidine rings is 1. The van der Waals surface area contributed by atoms with Crippen LogP contribution in [-0.2, 0) is 16.0 Å². The van der Waals surface area contributed by atoms with Gasteiger partial charge in [0.25, 0.3) is 0 Å². The van der Waals surface area contributed by atoms with Crippen molar-refractivity contribution in [3.05, 3.63) is 90.5 Å². The standard InChI is InChI=1S/C32H38N4O3/c33-27-16-19-35(22-27)32(38)24-36(28-10-7-13-30(21-28)39-29-11-5-2-6-12-29)23-31(37)34-17-14-26(15-18-34)20-25-8-3-1-4-9-25/h1-13,21,26-27H,14-20,22-24,33H2. The van der Waals surface area contributed by atoms with Crippen LogP contribution < -0.4 is 15.4 Å². The number of rotatable bonds is 9. The molecule has 7 nitrogen and oxygen atoms in total. The highest BCUT2D eigenvalue weighted by Gasteiger charge is 2.28. The van der Waals surface area contributed by atoms with Crippen LogP contribution in [-0.4, -0.2) is 66.9 Å². The lowest BCUT2D eigenvalue weighted by Crippen LogP contribution is -2.47. The van der Waals surface area contributed by atoms with Gasteiger partial charge in [-0.2, -0.15) is 0 Å². The first-order chi connectivity index (χ1) is 19.0. The molecule has 1 unspecified atom stereocenters. The molecule has 2 heterocycles. The summed E-state index contributed by atoms with van der Waals surface area (Å²) in [5, 5.41) is 0. The number of hydrogen-bond donors (Lipinski definition) is 1. The van der Waals surface area contributed by atoms with Crippen LogP contribution in [0, 0.1) is 5.92 Å². The van der Waals surface area contributed by atoms with Crippen molar-refractivity contribution in [3.8, 4) is 11.5 Å². The summed E-state index contributed by atoms with van der Waals surface area (Å²) in [7, 11) is 0. The molecule has 2 aliphatic heterocycles. The molecule has 0 bridgehead atoms. The van der Waals surface area contributed by atoms with Crippen LogP contribution in [0.5, 0.6) is 11.5 Å². The first-order valence-corrected chi connectivity index (χ1v) is 14.0. The minimum atomic E-state index is -0.00769.